The van der Waals surface area contributed by atoms with Gasteiger partial charge in [-0.1, -0.05) is 243 Å². The molecule has 2 aliphatic carbocycles. The number of rotatable bonds is 20. The molecule has 2 aliphatic rings. The molecule has 0 bridgehead atoms. The van der Waals surface area contributed by atoms with E-state index in [2.05, 4.69) is 240 Å². The Hall–Kier alpha value is -5.66. The van der Waals surface area contributed by atoms with Crippen LogP contribution in [0.2, 0.25) is 0 Å². The lowest BCUT2D eigenvalue weighted by molar-refractivity contribution is 0.443. The Kier molecular flexibility index (Phi) is 17.6. The summed E-state index contributed by atoms with van der Waals surface area (Å²) < 4.78 is 0. The fourth-order valence-electron chi connectivity index (χ4n) is 14.0. The van der Waals surface area contributed by atoms with Crippen LogP contribution in [0.15, 0.2) is 152 Å². The van der Waals surface area contributed by atoms with Crippen molar-refractivity contribution in [3.63, 3.8) is 0 Å². The normalized spacial score (nSPS) is 15.7. The molecule has 0 amide bonds. The second-order valence-corrected chi connectivity index (χ2v) is 25.6. The van der Waals surface area contributed by atoms with Gasteiger partial charge in [-0.3, -0.25) is 0 Å². The molecule has 0 spiro atoms. The van der Waals surface area contributed by atoms with Crippen molar-refractivity contribution in [2.75, 3.05) is 4.90 Å². The van der Waals surface area contributed by atoms with Crippen molar-refractivity contribution >= 4 is 17.1 Å². The summed E-state index contributed by atoms with van der Waals surface area (Å²) in [5.41, 5.74) is 22.9. The summed E-state index contributed by atoms with van der Waals surface area (Å²) in [5, 5.41) is 0. The van der Waals surface area contributed by atoms with Crippen LogP contribution in [0.3, 0.4) is 0 Å². The molecule has 0 aromatic heterocycles. The maximum Gasteiger partial charge on any atom is 0.0714 e. The van der Waals surface area contributed by atoms with Crippen LogP contribution in [0, 0.1) is 0 Å². The van der Waals surface area contributed by atoms with Crippen LogP contribution in [-0.4, -0.2) is 0 Å². The number of anilines is 3. The Morgan fingerprint density at radius 1 is 0.468 bits per heavy atom. The molecule has 0 N–H and O–H groups in total. The van der Waals surface area contributed by atoms with Gasteiger partial charge in [-0.15, -0.1) is 0 Å². The van der Waals surface area contributed by atoms with Crippen molar-refractivity contribution in [3.8, 4) is 22.3 Å². The number of unbranched alkanes of at least 4 members (excludes halogenated alkanes) is 1. The summed E-state index contributed by atoms with van der Waals surface area (Å²) >= 11 is 0. The van der Waals surface area contributed by atoms with Crippen LogP contribution in [-0.2, 0) is 16.2 Å². The van der Waals surface area contributed by atoms with E-state index < -0.39 is 5.41 Å². The minimum absolute atomic E-state index is 0.0423. The van der Waals surface area contributed by atoms with Crippen LogP contribution >= 0.6 is 0 Å². The molecule has 9 rings (SSSR count). The predicted molar refractivity (Wildman–Crippen MR) is 336 cm³/mol. The van der Waals surface area contributed by atoms with E-state index in [1.807, 2.05) is 0 Å². The number of hydrogen-bond acceptors (Lipinski definition) is 1. The highest BCUT2D eigenvalue weighted by Crippen LogP contribution is 2.58. The quantitative estimate of drug-likeness (QED) is 0.0735. The SMILES string of the molecule is CCCCC(CC)c1cc(C(CC)CCC)c(-c2ccc(N(c3ccc(C4CCCCC4)cc3)c3ccc4c(c3)C(c3ccc(C(C)(C)C)cc3)(c3ccc(C(C)(C)C)cc3)c3ccccc3-4)cc2)c(C(CC)CCC)c1. The second-order valence-electron chi connectivity index (χ2n) is 25.6. The lowest BCUT2D eigenvalue weighted by Gasteiger charge is -2.36. The number of hydrogen-bond donors (Lipinski definition) is 0. The first-order chi connectivity index (χ1) is 37.2. The largest absolute Gasteiger partial charge is 0.310 e. The van der Waals surface area contributed by atoms with Crippen LogP contribution in [0.4, 0.5) is 17.1 Å². The highest BCUT2D eigenvalue weighted by atomic mass is 15.1. The Labute approximate surface area is 468 Å². The van der Waals surface area contributed by atoms with Gasteiger partial charge in [0.15, 0.2) is 0 Å². The third kappa shape index (κ3) is 11.3. The molecule has 7 aromatic rings. The first-order valence-electron chi connectivity index (χ1n) is 30.8. The highest BCUT2D eigenvalue weighted by Gasteiger charge is 2.47. The molecule has 0 radical (unpaired) electrons. The van der Waals surface area contributed by atoms with Gasteiger partial charge in [0.2, 0.25) is 0 Å². The van der Waals surface area contributed by atoms with E-state index in [1.54, 1.807) is 16.7 Å². The summed E-state index contributed by atoms with van der Waals surface area (Å²) in [6.45, 7) is 28.3. The number of fused-ring (bicyclic) bond motifs is 3. The highest BCUT2D eigenvalue weighted by molar-refractivity contribution is 5.90. The molecule has 3 atom stereocenters. The van der Waals surface area contributed by atoms with Gasteiger partial charge < -0.3 is 4.90 Å². The first-order valence-corrected chi connectivity index (χ1v) is 30.8. The average Bonchev–Trinajstić information content (AvgIpc) is 3.78. The van der Waals surface area contributed by atoms with Crippen molar-refractivity contribution in [2.45, 2.75) is 219 Å². The van der Waals surface area contributed by atoms with E-state index in [1.165, 1.54) is 162 Å². The minimum Gasteiger partial charge on any atom is -0.310 e. The number of nitrogens with zero attached hydrogens (tertiary/aromatic N) is 1. The molecule has 0 aliphatic heterocycles. The smallest absolute Gasteiger partial charge is 0.0714 e. The summed E-state index contributed by atoms with van der Waals surface area (Å²) in [7, 11) is 0. The van der Waals surface area contributed by atoms with Gasteiger partial charge >= 0.3 is 0 Å². The van der Waals surface area contributed by atoms with Crippen LogP contribution in [0.25, 0.3) is 22.3 Å². The monoisotopic (exact) mass is 1020 g/mol. The fraction of sp³-hybridized carbons (Fsp3) is 0.447. The van der Waals surface area contributed by atoms with E-state index in [4.69, 9.17) is 0 Å². The summed E-state index contributed by atoms with van der Waals surface area (Å²) in [6, 6.07) is 61.0. The summed E-state index contributed by atoms with van der Waals surface area (Å²) in [5.74, 6) is 2.30. The Morgan fingerprint density at radius 3 is 1.45 bits per heavy atom. The molecule has 1 heteroatoms. The molecule has 3 unspecified atom stereocenters. The van der Waals surface area contributed by atoms with Crippen molar-refractivity contribution in [1.82, 2.24) is 0 Å². The topological polar surface area (TPSA) is 3.24 Å². The van der Waals surface area contributed by atoms with Crippen molar-refractivity contribution in [2.24, 2.45) is 0 Å². The first kappa shape index (κ1) is 56.1. The molecular formula is C76H95N. The summed E-state index contributed by atoms with van der Waals surface area (Å²) in [4.78, 5) is 2.57. The second kappa shape index (κ2) is 24.1. The van der Waals surface area contributed by atoms with Crippen molar-refractivity contribution in [3.05, 3.63) is 207 Å². The van der Waals surface area contributed by atoms with Crippen molar-refractivity contribution in [1.29, 1.82) is 0 Å². The maximum atomic E-state index is 2.70. The zero-order chi connectivity index (χ0) is 54.5. The van der Waals surface area contributed by atoms with Gasteiger partial charge in [0, 0.05) is 17.1 Å². The fourth-order valence-corrected chi connectivity index (χ4v) is 14.0. The summed E-state index contributed by atoms with van der Waals surface area (Å²) in [6.07, 6.45) is 18.8. The lowest BCUT2D eigenvalue weighted by Crippen LogP contribution is -2.29. The lowest BCUT2D eigenvalue weighted by atomic mass is 9.67. The average molecular weight is 1020 g/mol. The molecule has 404 valence electrons. The maximum absolute atomic E-state index is 2.70. The van der Waals surface area contributed by atoms with E-state index >= 15 is 0 Å². The van der Waals surface area contributed by atoms with Crippen LogP contribution in [0.5, 0.6) is 0 Å². The van der Waals surface area contributed by atoms with Gasteiger partial charge in [0.25, 0.3) is 0 Å². The molecular weight excluding hydrogens is 927 g/mol. The van der Waals surface area contributed by atoms with E-state index in [0.717, 1.165) is 12.8 Å². The molecule has 1 fully saturated rings. The molecule has 0 heterocycles. The third-order valence-electron chi connectivity index (χ3n) is 18.5. The molecule has 77 heavy (non-hydrogen) atoms. The minimum atomic E-state index is -0.538. The Balaban J connectivity index is 1.26. The van der Waals surface area contributed by atoms with E-state index in [9.17, 15) is 0 Å². The van der Waals surface area contributed by atoms with Crippen LogP contribution < -0.4 is 4.90 Å². The van der Waals surface area contributed by atoms with E-state index in [-0.39, 0.29) is 10.8 Å². The molecule has 0 saturated heterocycles. The number of benzene rings is 7. The van der Waals surface area contributed by atoms with Gasteiger partial charge in [-0.05, 0) is 200 Å². The third-order valence-corrected chi connectivity index (χ3v) is 18.5. The van der Waals surface area contributed by atoms with Gasteiger partial charge in [-0.25, -0.2) is 0 Å². The molecule has 7 aromatic carbocycles. The zero-order valence-electron chi connectivity index (χ0n) is 49.8. The standard InChI is InChI=1S/C76H95N/c1-13-19-27-53(16-4)59-50-69(54(17-5)25-14-2)73(70(51-59)55(18-6)26-15-3)58-34-46-65(47-35-58)77(64-44-32-57(33-45-64)56-28-21-20-22-29-56)66-48-49-68-67-30-23-24-31-71(67)76(72(68)52-66,62-40-36-60(37-41-62)74(7,8)9)63-42-38-61(39-43-63)75(10,11)12/h23-24,30-56H,13-22,25-29H2,1-12H3. The van der Waals surface area contributed by atoms with Gasteiger partial charge in [0.05, 0.1) is 5.41 Å². The van der Waals surface area contributed by atoms with Gasteiger partial charge in [0.1, 0.15) is 0 Å². The Morgan fingerprint density at radius 2 is 0.961 bits per heavy atom. The zero-order valence-corrected chi connectivity index (χ0v) is 49.8. The predicted octanol–water partition coefficient (Wildman–Crippen LogP) is 23.1. The molecule has 1 nitrogen and oxygen atoms in total. The van der Waals surface area contributed by atoms with Crippen molar-refractivity contribution < 1.29 is 0 Å². The molecule has 1 saturated carbocycles. The van der Waals surface area contributed by atoms with Crippen LogP contribution in [0.1, 0.15) is 259 Å². The van der Waals surface area contributed by atoms with Gasteiger partial charge in [-0.2, -0.15) is 0 Å². The Bertz CT molecular complexity index is 2930. The van der Waals surface area contributed by atoms with E-state index in [0.29, 0.717) is 23.7 Å².